The van der Waals surface area contributed by atoms with E-state index in [9.17, 15) is 9.18 Å². The Labute approximate surface area is 230 Å². The predicted octanol–water partition coefficient (Wildman–Crippen LogP) is 4.43. The Morgan fingerprint density at radius 2 is 1.85 bits per heavy atom. The second kappa shape index (κ2) is 10.2. The molecule has 39 heavy (non-hydrogen) atoms. The van der Waals surface area contributed by atoms with Crippen molar-refractivity contribution < 1.29 is 18.3 Å². The Kier molecular flexibility index (Phi) is 7.20. The van der Waals surface area contributed by atoms with Crippen molar-refractivity contribution >= 4 is 41.5 Å². The summed E-state index contributed by atoms with van der Waals surface area (Å²) in [5.74, 6) is -1.24. The van der Waals surface area contributed by atoms with Crippen LogP contribution in [0.5, 0.6) is 0 Å². The summed E-state index contributed by atoms with van der Waals surface area (Å²) in [7, 11) is 5.85. The monoisotopic (exact) mass is 573 g/mol. The molecule has 0 aromatic carbocycles. The average molecular weight is 574 g/mol. The molecule has 1 aliphatic heterocycles. The maximum Gasteiger partial charge on any atom is 0.265 e. The summed E-state index contributed by atoms with van der Waals surface area (Å²) in [5.41, 5.74) is 2.52. The fraction of sp³-hybridized carbons (Fsp3) is 0.385. The van der Waals surface area contributed by atoms with Crippen LogP contribution in [0.3, 0.4) is 0 Å². The number of carbonyl (C=O) groups excluding carboxylic acids is 1. The number of rotatable bonds is 5. The van der Waals surface area contributed by atoms with Gasteiger partial charge in [-0.05, 0) is 38.5 Å². The van der Waals surface area contributed by atoms with Crippen LogP contribution in [0.1, 0.15) is 36.7 Å². The van der Waals surface area contributed by atoms with Gasteiger partial charge in [-0.2, -0.15) is 4.39 Å². The maximum absolute atomic E-state index is 15.4. The van der Waals surface area contributed by atoms with E-state index in [1.54, 1.807) is 12.3 Å². The fourth-order valence-electron chi connectivity index (χ4n) is 4.50. The van der Waals surface area contributed by atoms with Crippen LogP contribution in [0.25, 0.3) is 16.8 Å². The molecule has 4 aromatic heterocycles. The zero-order valence-corrected chi connectivity index (χ0v) is 24.5. The van der Waals surface area contributed by atoms with Gasteiger partial charge in [-0.1, -0.05) is 18.5 Å². The molecule has 0 bridgehead atoms. The number of aromatic nitrogens is 5. The molecule has 1 aliphatic rings. The smallest absolute Gasteiger partial charge is 0.265 e. The number of hydrogen-bond acceptors (Lipinski definition) is 6. The van der Waals surface area contributed by atoms with Gasteiger partial charge in [0.05, 0.1) is 24.4 Å². The van der Waals surface area contributed by atoms with Gasteiger partial charge in [0, 0.05) is 62.2 Å². The van der Waals surface area contributed by atoms with E-state index in [4.69, 9.17) is 4.74 Å². The third-order valence-corrected chi connectivity index (χ3v) is 7.29. The second-order valence-corrected chi connectivity index (χ2v) is 12.9. The van der Waals surface area contributed by atoms with Crippen LogP contribution in [0.15, 0.2) is 43.1 Å². The first kappa shape index (κ1) is 27.6. The van der Waals surface area contributed by atoms with Crippen LogP contribution >= 0.6 is 18.5 Å². The van der Waals surface area contributed by atoms with Gasteiger partial charge in [0.15, 0.2) is 10.8 Å². The number of nitrogens with zero attached hydrogens (tertiary/aromatic N) is 7. The molecule has 1 fully saturated rings. The quantitative estimate of drug-likeness (QED) is 0.329. The third-order valence-electron chi connectivity index (χ3n) is 6.67. The number of anilines is 2. The van der Waals surface area contributed by atoms with Crippen LogP contribution in [0, 0.1) is 5.95 Å². The van der Waals surface area contributed by atoms with Gasteiger partial charge < -0.3 is 14.0 Å². The van der Waals surface area contributed by atoms with E-state index >= 15 is 4.39 Å². The Hall–Kier alpha value is -3.00. The number of pyridine rings is 2. The molecule has 4 aromatic rings. The van der Waals surface area contributed by atoms with Crippen LogP contribution in [-0.4, -0.2) is 63.4 Å². The predicted molar refractivity (Wildman–Crippen MR) is 154 cm³/mol. The lowest BCUT2D eigenvalue weighted by molar-refractivity contribution is 0.0988. The Morgan fingerprint density at radius 3 is 2.49 bits per heavy atom. The van der Waals surface area contributed by atoms with Gasteiger partial charge in [-0.25, -0.2) is 14.4 Å². The highest BCUT2D eigenvalue weighted by molar-refractivity contribution is 7.38. The van der Waals surface area contributed by atoms with Crippen molar-refractivity contribution in [2.75, 3.05) is 43.2 Å². The van der Waals surface area contributed by atoms with Crippen molar-refractivity contribution in [3.05, 3.63) is 60.2 Å². The van der Waals surface area contributed by atoms with E-state index in [0.717, 1.165) is 11.3 Å². The minimum Gasteiger partial charge on any atom is -0.378 e. The summed E-state index contributed by atoms with van der Waals surface area (Å²) in [6.45, 7) is 8.18. The highest BCUT2D eigenvalue weighted by Crippen LogP contribution is 2.45. The molecular formula is C26H31F2N7O2P2. The summed E-state index contributed by atoms with van der Waals surface area (Å²) in [5, 5.41) is 1.99. The van der Waals surface area contributed by atoms with E-state index in [2.05, 4.69) is 38.4 Å². The molecule has 0 radical (unpaired) electrons. The maximum atomic E-state index is 15.4. The number of fused-ring (bicyclic) bond motifs is 1. The first-order valence-electron chi connectivity index (χ1n) is 12.5. The van der Waals surface area contributed by atoms with Crippen molar-refractivity contribution in [1.29, 1.82) is 0 Å². The molecule has 0 N–H and O–H groups in total. The van der Waals surface area contributed by atoms with E-state index in [1.807, 2.05) is 43.6 Å². The van der Waals surface area contributed by atoms with Gasteiger partial charge in [0.2, 0.25) is 5.95 Å². The van der Waals surface area contributed by atoms with Gasteiger partial charge >= 0.3 is 0 Å². The van der Waals surface area contributed by atoms with Crippen LogP contribution in [0.2, 0.25) is 0 Å². The molecule has 0 spiro atoms. The SMILES string of the molecule is CN(C(=O)c1cn(C(C)(C)C)nc1F)c1cc(-c2cc(N3CCOCC3)c3nccn3c2)c(C(F)(P)P)cn1. The van der Waals surface area contributed by atoms with E-state index < -0.39 is 22.5 Å². The van der Waals surface area contributed by atoms with Crippen LogP contribution < -0.4 is 9.80 Å². The zero-order valence-electron chi connectivity index (χ0n) is 22.2. The van der Waals surface area contributed by atoms with Gasteiger partial charge in [-0.15, -0.1) is 5.10 Å². The number of alkyl halides is 1. The molecule has 9 nitrogen and oxygen atoms in total. The first-order valence-corrected chi connectivity index (χ1v) is 13.6. The van der Waals surface area contributed by atoms with E-state index in [-0.39, 0.29) is 11.4 Å². The molecule has 5 rings (SSSR count). The summed E-state index contributed by atoms with van der Waals surface area (Å²) in [6.07, 6.45) is 8.20. The Bertz CT molecular complexity index is 1540. The van der Waals surface area contributed by atoms with Gasteiger partial charge in [-0.3, -0.25) is 14.4 Å². The van der Waals surface area contributed by atoms with Crippen molar-refractivity contribution in [2.45, 2.75) is 31.5 Å². The lowest BCUT2D eigenvalue weighted by atomic mass is 10.0. The molecule has 0 saturated carbocycles. The summed E-state index contributed by atoms with van der Waals surface area (Å²) in [6, 6.07) is 3.61. The summed E-state index contributed by atoms with van der Waals surface area (Å²) < 4.78 is 38.9. The minimum atomic E-state index is -1.88. The topological polar surface area (TPSA) is 80.8 Å². The van der Waals surface area contributed by atoms with Gasteiger partial charge in [0.1, 0.15) is 11.4 Å². The van der Waals surface area contributed by atoms with Crippen LogP contribution in [-0.2, 0) is 15.4 Å². The van der Waals surface area contributed by atoms with E-state index in [1.165, 1.54) is 29.0 Å². The minimum absolute atomic E-state index is 0.175. The highest BCUT2D eigenvalue weighted by Gasteiger charge is 2.29. The van der Waals surface area contributed by atoms with Crippen molar-refractivity contribution in [1.82, 2.24) is 24.1 Å². The number of ether oxygens (including phenoxy) is 1. The summed E-state index contributed by atoms with van der Waals surface area (Å²) in [4.78, 5) is 25.6. The molecule has 2 unspecified atom stereocenters. The first-order chi connectivity index (χ1) is 18.3. The fourth-order valence-corrected chi connectivity index (χ4v) is 4.96. The number of morpholine rings is 1. The largest absolute Gasteiger partial charge is 0.378 e. The molecule has 5 heterocycles. The summed E-state index contributed by atoms with van der Waals surface area (Å²) >= 11 is 0. The molecule has 206 valence electrons. The van der Waals surface area contributed by atoms with Crippen molar-refractivity contribution in [2.24, 2.45) is 0 Å². The number of imidazole rings is 1. The average Bonchev–Trinajstić information content (AvgIpc) is 3.53. The normalized spacial score (nSPS) is 14.7. The number of hydrogen-bond donors (Lipinski definition) is 0. The second-order valence-electron chi connectivity index (χ2n) is 10.5. The number of amides is 1. The molecule has 2 atom stereocenters. The molecular weight excluding hydrogens is 542 g/mol. The van der Waals surface area contributed by atoms with Crippen molar-refractivity contribution in [3.63, 3.8) is 0 Å². The Morgan fingerprint density at radius 1 is 1.13 bits per heavy atom. The lowest BCUT2D eigenvalue weighted by Gasteiger charge is -2.30. The standard InChI is InChI=1S/C26H31F2N7O2P2/c1-25(2,3)35-15-18(22(27)31-35)24(36)32(4)21-12-17(19(13-30-21)26(28,38)39)16-11-20(33-7-9-37-10-8-33)23-29-5-6-34(23)14-16/h5-6,11-15H,7-10,38-39H2,1-4H3. The van der Waals surface area contributed by atoms with Crippen LogP contribution in [0.4, 0.5) is 20.3 Å². The number of halogens is 2. The van der Waals surface area contributed by atoms with Gasteiger partial charge in [0.25, 0.3) is 5.91 Å². The molecule has 1 saturated heterocycles. The third kappa shape index (κ3) is 5.40. The molecule has 0 aliphatic carbocycles. The van der Waals surface area contributed by atoms with E-state index in [0.29, 0.717) is 43.0 Å². The lowest BCUT2D eigenvalue weighted by Crippen LogP contribution is -2.36. The van der Waals surface area contributed by atoms with Crippen molar-refractivity contribution in [3.8, 4) is 11.1 Å². The highest BCUT2D eigenvalue weighted by atomic mass is 31.1. The molecule has 1 amide bonds. The molecule has 13 heteroatoms. The number of carbonyl (C=O) groups is 1. The zero-order chi connectivity index (χ0) is 28.1. The Balaban J connectivity index is 1.60.